The standard InChI is InChI=1S/C9H14N4O5S/c1-6(14)12-7(9(15)16)3-19(17,18)4-8-10-5-11-13(8)2/h5,7H,3-4H2,1-2H3,(H,12,14)(H,15,16)/t7-/m0/s1. The summed E-state index contributed by atoms with van der Waals surface area (Å²) in [5.41, 5.74) is 0. The van der Waals surface area contributed by atoms with Gasteiger partial charge >= 0.3 is 5.97 Å². The van der Waals surface area contributed by atoms with Gasteiger partial charge in [0.15, 0.2) is 9.84 Å². The van der Waals surface area contributed by atoms with Crippen LogP contribution in [-0.2, 0) is 32.2 Å². The van der Waals surface area contributed by atoms with E-state index in [-0.39, 0.29) is 5.82 Å². The number of amides is 1. The van der Waals surface area contributed by atoms with Crippen molar-refractivity contribution in [3.63, 3.8) is 0 Å². The van der Waals surface area contributed by atoms with Crippen LogP contribution >= 0.6 is 0 Å². The van der Waals surface area contributed by atoms with E-state index in [1.54, 1.807) is 0 Å². The Hall–Kier alpha value is -1.97. The average molecular weight is 290 g/mol. The van der Waals surface area contributed by atoms with Gasteiger partial charge in [-0.25, -0.2) is 18.2 Å². The third-order valence-electron chi connectivity index (χ3n) is 2.25. The van der Waals surface area contributed by atoms with Crippen molar-refractivity contribution in [1.29, 1.82) is 0 Å². The molecule has 0 radical (unpaired) electrons. The molecule has 2 N–H and O–H groups in total. The van der Waals surface area contributed by atoms with E-state index in [2.05, 4.69) is 15.4 Å². The number of nitrogens with one attached hydrogen (secondary N) is 1. The van der Waals surface area contributed by atoms with Crippen molar-refractivity contribution in [1.82, 2.24) is 20.1 Å². The second-order valence-corrected chi connectivity index (χ2v) is 6.05. The lowest BCUT2D eigenvalue weighted by atomic mass is 10.3. The first kappa shape index (κ1) is 15.1. The van der Waals surface area contributed by atoms with E-state index in [1.807, 2.05) is 0 Å². The molecule has 1 heterocycles. The van der Waals surface area contributed by atoms with Crippen LogP contribution in [0.3, 0.4) is 0 Å². The Morgan fingerprint density at radius 2 is 2.16 bits per heavy atom. The minimum absolute atomic E-state index is 0.201. The van der Waals surface area contributed by atoms with Gasteiger partial charge in [-0.1, -0.05) is 0 Å². The normalized spacial score (nSPS) is 12.9. The van der Waals surface area contributed by atoms with E-state index in [1.165, 1.54) is 18.1 Å². The maximum atomic E-state index is 11.9. The van der Waals surface area contributed by atoms with Crippen LogP contribution in [0.15, 0.2) is 6.33 Å². The number of sulfone groups is 1. The van der Waals surface area contributed by atoms with Gasteiger partial charge in [0.25, 0.3) is 0 Å². The maximum Gasteiger partial charge on any atom is 0.327 e. The zero-order valence-electron chi connectivity index (χ0n) is 10.4. The molecular weight excluding hydrogens is 276 g/mol. The summed E-state index contributed by atoms with van der Waals surface area (Å²) in [7, 11) is -2.21. The number of rotatable bonds is 6. The van der Waals surface area contributed by atoms with E-state index in [4.69, 9.17) is 5.11 Å². The quantitative estimate of drug-likeness (QED) is 0.639. The molecule has 0 bridgehead atoms. The molecule has 0 aliphatic heterocycles. The van der Waals surface area contributed by atoms with Crippen LogP contribution < -0.4 is 5.32 Å². The lowest BCUT2D eigenvalue weighted by molar-refractivity contribution is -0.140. The monoisotopic (exact) mass is 290 g/mol. The van der Waals surface area contributed by atoms with Gasteiger partial charge in [-0.05, 0) is 0 Å². The smallest absolute Gasteiger partial charge is 0.327 e. The van der Waals surface area contributed by atoms with Gasteiger partial charge in [-0.2, -0.15) is 5.10 Å². The molecule has 0 unspecified atom stereocenters. The van der Waals surface area contributed by atoms with E-state index in [9.17, 15) is 18.0 Å². The molecule has 1 atom stereocenters. The highest BCUT2D eigenvalue weighted by Crippen LogP contribution is 2.04. The molecule has 9 nitrogen and oxygen atoms in total. The topological polar surface area (TPSA) is 131 Å². The Labute approximate surface area is 109 Å². The first-order chi connectivity index (χ1) is 8.71. The molecule has 0 aromatic carbocycles. The van der Waals surface area contributed by atoms with Gasteiger partial charge in [0.1, 0.15) is 23.9 Å². The SMILES string of the molecule is CC(=O)N[C@@H](CS(=O)(=O)Cc1ncnn1C)C(=O)O. The molecule has 1 aromatic heterocycles. The van der Waals surface area contributed by atoms with Crippen molar-refractivity contribution in [3.05, 3.63) is 12.2 Å². The summed E-state index contributed by atoms with van der Waals surface area (Å²) in [5.74, 6) is -2.95. The first-order valence-electron chi connectivity index (χ1n) is 5.24. The molecule has 106 valence electrons. The number of aryl methyl sites for hydroxylation is 1. The van der Waals surface area contributed by atoms with Crippen LogP contribution in [0.1, 0.15) is 12.7 Å². The summed E-state index contributed by atoms with van der Waals surface area (Å²) < 4.78 is 25.0. The summed E-state index contributed by atoms with van der Waals surface area (Å²) in [6.45, 7) is 1.12. The fraction of sp³-hybridized carbons (Fsp3) is 0.556. The second kappa shape index (κ2) is 5.78. The molecule has 0 saturated heterocycles. The van der Waals surface area contributed by atoms with Gasteiger partial charge in [-0.3, -0.25) is 9.48 Å². The van der Waals surface area contributed by atoms with Gasteiger partial charge in [0, 0.05) is 14.0 Å². The highest BCUT2D eigenvalue weighted by molar-refractivity contribution is 7.90. The van der Waals surface area contributed by atoms with Gasteiger partial charge in [0.05, 0.1) is 5.75 Å². The number of hydrogen-bond donors (Lipinski definition) is 2. The van der Waals surface area contributed by atoms with Gasteiger partial charge < -0.3 is 10.4 Å². The Morgan fingerprint density at radius 1 is 1.53 bits per heavy atom. The highest BCUT2D eigenvalue weighted by atomic mass is 32.2. The number of carbonyl (C=O) groups excluding carboxylic acids is 1. The van der Waals surface area contributed by atoms with E-state index >= 15 is 0 Å². The van der Waals surface area contributed by atoms with Crippen LogP contribution in [0.4, 0.5) is 0 Å². The van der Waals surface area contributed by atoms with Crippen LogP contribution in [0.25, 0.3) is 0 Å². The summed E-state index contributed by atoms with van der Waals surface area (Å²) in [5, 5.41) is 14.6. The number of aliphatic carboxylic acids is 1. The fourth-order valence-corrected chi connectivity index (χ4v) is 2.89. The first-order valence-corrected chi connectivity index (χ1v) is 7.06. The molecule has 0 spiro atoms. The Bertz CT molecular complexity index is 579. The number of carboxylic acid groups (broad SMARTS) is 1. The molecule has 0 aliphatic carbocycles. The molecule has 1 aromatic rings. The minimum Gasteiger partial charge on any atom is -0.480 e. The number of aromatic nitrogens is 3. The van der Waals surface area contributed by atoms with Crippen molar-refractivity contribution in [2.24, 2.45) is 7.05 Å². The highest BCUT2D eigenvalue weighted by Gasteiger charge is 2.27. The molecule has 1 amide bonds. The summed E-state index contributed by atoms with van der Waals surface area (Å²) >= 11 is 0. The van der Waals surface area contributed by atoms with E-state index in [0.717, 1.165) is 6.92 Å². The van der Waals surface area contributed by atoms with Gasteiger partial charge in [0.2, 0.25) is 5.91 Å². The van der Waals surface area contributed by atoms with Crippen LogP contribution in [0, 0.1) is 0 Å². The predicted octanol–water partition coefficient (Wildman–Crippen LogP) is -1.68. The zero-order chi connectivity index (χ0) is 14.6. The molecule has 19 heavy (non-hydrogen) atoms. The summed E-state index contributed by atoms with van der Waals surface area (Å²) in [6, 6.07) is -1.48. The third kappa shape index (κ3) is 4.66. The predicted molar refractivity (Wildman–Crippen MR) is 63.7 cm³/mol. The van der Waals surface area contributed by atoms with Crippen molar-refractivity contribution in [2.75, 3.05) is 5.75 Å². The van der Waals surface area contributed by atoms with E-state index in [0.29, 0.717) is 0 Å². The number of nitrogens with zero attached hydrogens (tertiary/aromatic N) is 3. The third-order valence-corrected chi connectivity index (χ3v) is 3.79. The van der Waals surface area contributed by atoms with Crippen molar-refractivity contribution in [2.45, 2.75) is 18.7 Å². The Kier molecular flexibility index (Phi) is 4.59. The second-order valence-electron chi connectivity index (χ2n) is 3.95. The summed E-state index contributed by atoms with van der Waals surface area (Å²) in [6.07, 6.45) is 1.20. The number of carbonyl (C=O) groups is 2. The number of carboxylic acids is 1. The molecule has 1 rings (SSSR count). The van der Waals surface area contributed by atoms with Crippen molar-refractivity contribution in [3.8, 4) is 0 Å². The zero-order valence-corrected chi connectivity index (χ0v) is 11.2. The molecular formula is C9H14N4O5S. The summed E-state index contributed by atoms with van der Waals surface area (Å²) in [4.78, 5) is 25.4. The van der Waals surface area contributed by atoms with E-state index < -0.39 is 39.3 Å². The van der Waals surface area contributed by atoms with Crippen molar-refractivity contribution >= 4 is 21.7 Å². The molecule has 0 saturated carbocycles. The Balaban J connectivity index is 2.80. The molecule has 0 aliphatic rings. The van der Waals surface area contributed by atoms with Crippen LogP contribution in [0.2, 0.25) is 0 Å². The van der Waals surface area contributed by atoms with Gasteiger partial charge in [-0.15, -0.1) is 0 Å². The number of hydrogen-bond acceptors (Lipinski definition) is 6. The minimum atomic E-state index is -3.74. The van der Waals surface area contributed by atoms with Crippen molar-refractivity contribution < 1.29 is 23.1 Å². The fourth-order valence-electron chi connectivity index (χ4n) is 1.38. The lowest BCUT2D eigenvalue weighted by Crippen LogP contribution is -2.44. The van der Waals surface area contributed by atoms with Crippen LogP contribution in [0.5, 0.6) is 0 Å². The lowest BCUT2D eigenvalue weighted by Gasteiger charge is -2.13. The Morgan fingerprint density at radius 3 is 2.58 bits per heavy atom. The molecule has 10 heteroatoms. The molecule has 0 fully saturated rings. The average Bonchev–Trinajstić information content (AvgIpc) is 2.61. The maximum absolute atomic E-state index is 11.9. The van der Waals surface area contributed by atoms with Crippen LogP contribution in [-0.4, -0.2) is 52.0 Å². The largest absolute Gasteiger partial charge is 0.480 e.